The Morgan fingerprint density at radius 1 is 1.24 bits per heavy atom. The van der Waals surface area contributed by atoms with Crippen molar-refractivity contribution in [3.05, 3.63) is 57.3 Å². The van der Waals surface area contributed by atoms with E-state index in [9.17, 15) is 4.79 Å². The molecule has 1 aromatic carbocycles. The largest absolute Gasteiger partial charge is 0.326 e. The van der Waals surface area contributed by atoms with E-state index in [4.69, 9.17) is 0 Å². The fourth-order valence-electron chi connectivity index (χ4n) is 1.84. The summed E-state index contributed by atoms with van der Waals surface area (Å²) in [6, 6.07) is 11.6. The molecule has 0 aliphatic heterocycles. The predicted octanol–water partition coefficient (Wildman–Crippen LogP) is 4.82. The normalized spacial score (nSPS) is 10.5. The molecule has 2 heterocycles. The molecule has 0 bridgehead atoms. The second-order valence-corrected chi connectivity index (χ2v) is 7.08. The molecule has 0 fully saturated rings. The van der Waals surface area contributed by atoms with Crippen LogP contribution < -0.4 is 5.32 Å². The maximum absolute atomic E-state index is 12.0. The number of aromatic nitrogens is 1. The van der Waals surface area contributed by atoms with Crippen LogP contribution in [0.2, 0.25) is 0 Å². The zero-order chi connectivity index (χ0) is 14.7. The summed E-state index contributed by atoms with van der Waals surface area (Å²) in [5, 5.41) is 7.81. The van der Waals surface area contributed by atoms with Crippen molar-refractivity contribution in [1.29, 1.82) is 0 Å². The smallest absolute Gasteiger partial charge is 0.230 e. The molecule has 3 rings (SSSR count). The maximum Gasteiger partial charge on any atom is 0.230 e. The number of benzene rings is 1. The lowest BCUT2D eigenvalue weighted by Gasteiger charge is -2.04. The molecule has 21 heavy (non-hydrogen) atoms. The third kappa shape index (κ3) is 3.78. The van der Waals surface area contributed by atoms with Gasteiger partial charge in [-0.2, -0.15) is 0 Å². The van der Waals surface area contributed by atoms with E-state index >= 15 is 0 Å². The molecule has 2 aromatic heterocycles. The molecule has 3 nitrogen and oxygen atoms in total. The average Bonchev–Trinajstić information content (AvgIpc) is 3.08. The zero-order valence-corrected chi connectivity index (χ0v) is 14.1. The van der Waals surface area contributed by atoms with Crippen LogP contribution in [-0.4, -0.2) is 10.9 Å². The molecule has 0 unspecified atom stereocenters. The van der Waals surface area contributed by atoms with Crippen molar-refractivity contribution >= 4 is 50.2 Å². The Balaban J connectivity index is 1.65. The minimum Gasteiger partial charge on any atom is -0.326 e. The molecule has 0 aliphatic rings. The van der Waals surface area contributed by atoms with Crippen molar-refractivity contribution < 1.29 is 4.79 Å². The summed E-state index contributed by atoms with van der Waals surface area (Å²) in [6.07, 6.45) is 0.286. The Morgan fingerprint density at radius 2 is 2.14 bits per heavy atom. The number of carbonyl (C=O) groups excluding carboxylic acids is 1. The van der Waals surface area contributed by atoms with Crippen molar-refractivity contribution in [2.75, 3.05) is 5.32 Å². The first kappa shape index (κ1) is 14.4. The Hall–Kier alpha value is -1.50. The fraction of sp³-hybridized carbons (Fsp3) is 0.0667. The quantitative estimate of drug-likeness (QED) is 0.707. The van der Waals surface area contributed by atoms with Crippen LogP contribution in [0, 0.1) is 0 Å². The SMILES string of the molecule is O=C(Cc1csc(-c2cccs2)n1)Nc1cccc(Br)c1. The van der Waals surface area contributed by atoms with Gasteiger partial charge >= 0.3 is 0 Å². The fourth-order valence-corrected chi connectivity index (χ4v) is 3.87. The highest BCUT2D eigenvalue weighted by molar-refractivity contribution is 9.10. The number of nitrogens with one attached hydrogen (secondary N) is 1. The van der Waals surface area contributed by atoms with Crippen LogP contribution in [-0.2, 0) is 11.2 Å². The van der Waals surface area contributed by atoms with Crippen LogP contribution in [0.15, 0.2) is 51.6 Å². The van der Waals surface area contributed by atoms with E-state index in [2.05, 4.69) is 26.2 Å². The lowest BCUT2D eigenvalue weighted by molar-refractivity contribution is -0.115. The predicted molar refractivity (Wildman–Crippen MR) is 91.9 cm³/mol. The number of amides is 1. The first-order valence-corrected chi connectivity index (χ1v) is 8.79. The van der Waals surface area contributed by atoms with E-state index < -0.39 is 0 Å². The number of carbonyl (C=O) groups is 1. The van der Waals surface area contributed by atoms with Crippen molar-refractivity contribution in [2.45, 2.75) is 6.42 Å². The minimum atomic E-state index is -0.0591. The third-order valence-electron chi connectivity index (χ3n) is 2.73. The molecule has 106 valence electrons. The monoisotopic (exact) mass is 378 g/mol. The molecule has 0 saturated carbocycles. The molecule has 0 atom stereocenters. The maximum atomic E-state index is 12.0. The van der Waals surface area contributed by atoms with Gasteiger partial charge in [-0.1, -0.05) is 28.1 Å². The number of nitrogens with zero attached hydrogens (tertiary/aromatic N) is 1. The second kappa shape index (κ2) is 6.51. The number of thiazole rings is 1. The zero-order valence-electron chi connectivity index (χ0n) is 10.9. The van der Waals surface area contributed by atoms with Crippen molar-refractivity contribution in [3.63, 3.8) is 0 Å². The molecule has 0 radical (unpaired) electrons. The summed E-state index contributed by atoms with van der Waals surface area (Å²) < 4.78 is 0.939. The number of hydrogen-bond acceptors (Lipinski definition) is 4. The molecular weight excluding hydrogens is 368 g/mol. The summed E-state index contributed by atoms with van der Waals surface area (Å²) in [7, 11) is 0. The summed E-state index contributed by atoms with van der Waals surface area (Å²) in [5.74, 6) is -0.0591. The van der Waals surface area contributed by atoms with Gasteiger partial charge in [0, 0.05) is 15.5 Å². The van der Waals surface area contributed by atoms with Crippen molar-refractivity contribution in [2.24, 2.45) is 0 Å². The Kier molecular flexibility index (Phi) is 4.48. The molecule has 0 aliphatic carbocycles. The van der Waals surface area contributed by atoms with Crippen LogP contribution in [0.5, 0.6) is 0 Å². The highest BCUT2D eigenvalue weighted by Crippen LogP contribution is 2.28. The van der Waals surface area contributed by atoms with E-state index in [1.165, 1.54) is 0 Å². The average molecular weight is 379 g/mol. The third-order valence-corrected chi connectivity index (χ3v) is 5.16. The summed E-state index contributed by atoms with van der Waals surface area (Å²) in [6.45, 7) is 0. The van der Waals surface area contributed by atoms with E-state index in [1.807, 2.05) is 47.2 Å². The van der Waals surface area contributed by atoms with Gasteiger partial charge in [0.05, 0.1) is 17.0 Å². The minimum absolute atomic E-state index is 0.0591. The summed E-state index contributed by atoms with van der Waals surface area (Å²) in [4.78, 5) is 17.7. The van der Waals surface area contributed by atoms with Crippen LogP contribution >= 0.6 is 38.6 Å². The lowest BCUT2D eigenvalue weighted by atomic mass is 10.3. The molecule has 0 saturated heterocycles. The molecule has 0 spiro atoms. The van der Waals surface area contributed by atoms with E-state index in [1.54, 1.807) is 22.7 Å². The van der Waals surface area contributed by atoms with Crippen molar-refractivity contribution in [1.82, 2.24) is 4.98 Å². The van der Waals surface area contributed by atoms with E-state index in [0.29, 0.717) is 0 Å². The van der Waals surface area contributed by atoms with Crippen molar-refractivity contribution in [3.8, 4) is 9.88 Å². The van der Waals surface area contributed by atoms with Gasteiger partial charge in [0.25, 0.3) is 0 Å². The number of anilines is 1. The van der Waals surface area contributed by atoms with Gasteiger partial charge < -0.3 is 5.32 Å². The van der Waals surface area contributed by atoms with Gasteiger partial charge in [0.15, 0.2) is 0 Å². The molecule has 1 amide bonds. The van der Waals surface area contributed by atoms with Crippen LogP contribution in [0.3, 0.4) is 0 Å². The summed E-state index contributed by atoms with van der Waals surface area (Å²) >= 11 is 6.61. The number of hydrogen-bond donors (Lipinski definition) is 1. The highest BCUT2D eigenvalue weighted by Gasteiger charge is 2.10. The number of rotatable bonds is 4. The summed E-state index contributed by atoms with van der Waals surface area (Å²) in [5.41, 5.74) is 1.58. The molecular formula is C15H11BrN2OS2. The van der Waals surface area contributed by atoms with Gasteiger partial charge in [-0.05, 0) is 29.6 Å². The van der Waals surface area contributed by atoms with Crippen LogP contribution in [0.1, 0.15) is 5.69 Å². The molecule has 1 N–H and O–H groups in total. The van der Waals surface area contributed by atoms with Gasteiger partial charge in [-0.15, -0.1) is 22.7 Å². The number of halogens is 1. The van der Waals surface area contributed by atoms with Gasteiger partial charge in [-0.3, -0.25) is 4.79 Å². The first-order chi connectivity index (χ1) is 10.2. The topological polar surface area (TPSA) is 42.0 Å². The van der Waals surface area contributed by atoms with Gasteiger partial charge in [0.2, 0.25) is 5.91 Å². The lowest BCUT2D eigenvalue weighted by Crippen LogP contribution is -2.14. The van der Waals surface area contributed by atoms with Crippen LogP contribution in [0.4, 0.5) is 5.69 Å². The van der Waals surface area contributed by atoms with Gasteiger partial charge in [0.1, 0.15) is 5.01 Å². The van der Waals surface area contributed by atoms with Gasteiger partial charge in [-0.25, -0.2) is 4.98 Å². The van der Waals surface area contributed by atoms with E-state index in [0.717, 1.165) is 25.7 Å². The number of thiophene rings is 1. The Labute approximate surface area is 138 Å². The molecule has 3 aromatic rings. The van der Waals surface area contributed by atoms with Crippen LogP contribution in [0.25, 0.3) is 9.88 Å². The highest BCUT2D eigenvalue weighted by atomic mass is 79.9. The van der Waals surface area contributed by atoms with E-state index in [-0.39, 0.29) is 12.3 Å². The standard InChI is InChI=1S/C15H11BrN2OS2/c16-10-3-1-4-11(7-10)17-14(19)8-12-9-21-15(18-12)13-5-2-6-20-13/h1-7,9H,8H2,(H,17,19). The second-order valence-electron chi connectivity index (χ2n) is 4.36. The Bertz CT molecular complexity index is 753. The molecule has 6 heteroatoms. The first-order valence-electron chi connectivity index (χ1n) is 6.24. The Morgan fingerprint density at radius 3 is 2.90 bits per heavy atom.